The molecule has 0 saturated carbocycles. The monoisotopic (exact) mass is 345 g/mol. The summed E-state index contributed by atoms with van der Waals surface area (Å²) in [6.45, 7) is 1.78. The summed E-state index contributed by atoms with van der Waals surface area (Å²) >= 11 is 1.46. The van der Waals surface area contributed by atoms with Crippen LogP contribution in [0.1, 0.15) is 33.4 Å². The van der Waals surface area contributed by atoms with Gasteiger partial charge in [-0.1, -0.05) is 11.2 Å². The lowest BCUT2D eigenvalue weighted by Crippen LogP contribution is -2.30. The Morgan fingerprint density at radius 2 is 2.29 bits per heavy atom. The second-order valence-corrected chi connectivity index (χ2v) is 6.15. The van der Waals surface area contributed by atoms with Gasteiger partial charge in [0.1, 0.15) is 0 Å². The highest BCUT2D eigenvalue weighted by Gasteiger charge is 2.21. The largest absolute Gasteiger partial charge is 0.469 e. The third-order valence-electron chi connectivity index (χ3n) is 3.56. The van der Waals surface area contributed by atoms with Gasteiger partial charge in [-0.2, -0.15) is 0 Å². The summed E-state index contributed by atoms with van der Waals surface area (Å²) in [7, 11) is 1.32. The molecule has 7 nitrogen and oxygen atoms in total. The predicted molar refractivity (Wildman–Crippen MR) is 87.7 cm³/mol. The van der Waals surface area contributed by atoms with Crippen LogP contribution in [0.3, 0.4) is 0 Å². The molecule has 1 N–H and O–H groups in total. The van der Waals surface area contributed by atoms with E-state index in [0.29, 0.717) is 22.4 Å². The average Bonchev–Trinajstić information content (AvgIpc) is 3.24. The van der Waals surface area contributed by atoms with Gasteiger partial charge in [-0.25, -0.2) is 4.98 Å². The topological polar surface area (TPSA) is 94.3 Å². The number of methoxy groups -OCH3 is 1. The Morgan fingerprint density at radius 3 is 3.00 bits per heavy atom. The molecule has 0 fully saturated rings. The minimum atomic E-state index is -0.454. The first-order valence-electron chi connectivity index (χ1n) is 7.21. The number of hydrogen-bond acceptors (Lipinski definition) is 7. The van der Waals surface area contributed by atoms with E-state index in [1.165, 1.54) is 24.6 Å². The number of fused-ring (bicyclic) bond motifs is 1. The SMILES string of the molecule is COC(=O)C[C@@H](NC(=O)c1cnc2onc(C)c2c1)c1cccs1. The predicted octanol–water partition coefficient (Wildman–Crippen LogP) is 2.63. The molecular formula is C16H15N3O4S. The fraction of sp³-hybridized carbons (Fsp3) is 0.250. The van der Waals surface area contributed by atoms with Gasteiger partial charge in [0, 0.05) is 11.1 Å². The highest BCUT2D eigenvalue weighted by Crippen LogP contribution is 2.23. The number of amides is 1. The molecule has 0 aliphatic carbocycles. The van der Waals surface area contributed by atoms with Crippen LogP contribution in [0.5, 0.6) is 0 Å². The lowest BCUT2D eigenvalue weighted by atomic mass is 10.1. The van der Waals surface area contributed by atoms with E-state index in [1.807, 2.05) is 17.5 Å². The zero-order valence-corrected chi connectivity index (χ0v) is 13.9. The second kappa shape index (κ2) is 6.79. The van der Waals surface area contributed by atoms with Crippen molar-refractivity contribution >= 4 is 34.3 Å². The quantitative estimate of drug-likeness (QED) is 0.714. The Balaban J connectivity index is 1.83. The van der Waals surface area contributed by atoms with Crippen LogP contribution in [0, 0.1) is 6.92 Å². The van der Waals surface area contributed by atoms with Crippen LogP contribution in [-0.2, 0) is 9.53 Å². The number of esters is 1. The van der Waals surface area contributed by atoms with Crippen LogP contribution in [0.4, 0.5) is 0 Å². The van der Waals surface area contributed by atoms with E-state index in [1.54, 1.807) is 13.0 Å². The van der Waals surface area contributed by atoms with E-state index in [4.69, 9.17) is 9.26 Å². The number of ether oxygens (including phenoxy) is 1. The number of nitrogens with zero attached hydrogens (tertiary/aromatic N) is 2. The van der Waals surface area contributed by atoms with Crippen LogP contribution in [0.15, 0.2) is 34.3 Å². The molecule has 0 unspecified atom stereocenters. The van der Waals surface area contributed by atoms with Gasteiger partial charge in [-0.05, 0) is 24.4 Å². The molecule has 0 saturated heterocycles. The Morgan fingerprint density at radius 1 is 1.46 bits per heavy atom. The average molecular weight is 345 g/mol. The van der Waals surface area contributed by atoms with E-state index in [-0.39, 0.29) is 12.3 Å². The molecule has 1 atom stereocenters. The van der Waals surface area contributed by atoms with E-state index in [0.717, 1.165) is 4.88 Å². The molecule has 0 aliphatic rings. The van der Waals surface area contributed by atoms with Gasteiger partial charge in [0.25, 0.3) is 11.6 Å². The smallest absolute Gasteiger partial charge is 0.307 e. The molecule has 124 valence electrons. The number of aromatic nitrogens is 2. The number of thiophene rings is 1. The van der Waals surface area contributed by atoms with Gasteiger partial charge in [0.15, 0.2) is 0 Å². The van der Waals surface area contributed by atoms with Crippen molar-refractivity contribution in [2.45, 2.75) is 19.4 Å². The Bertz CT molecular complexity index is 873. The van der Waals surface area contributed by atoms with Crippen molar-refractivity contribution < 1.29 is 18.8 Å². The molecular weight excluding hydrogens is 330 g/mol. The molecule has 3 aromatic rings. The maximum Gasteiger partial charge on any atom is 0.307 e. The maximum absolute atomic E-state index is 12.5. The molecule has 8 heteroatoms. The molecule has 3 aromatic heterocycles. The van der Waals surface area contributed by atoms with E-state index in [9.17, 15) is 9.59 Å². The minimum absolute atomic E-state index is 0.0602. The van der Waals surface area contributed by atoms with Crippen LogP contribution >= 0.6 is 11.3 Å². The van der Waals surface area contributed by atoms with Crippen LogP contribution in [0.25, 0.3) is 11.1 Å². The fourth-order valence-electron chi connectivity index (χ4n) is 2.27. The fourth-order valence-corrected chi connectivity index (χ4v) is 3.05. The minimum Gasteiger partial charge on any atom is -0.469 e. The third kappa shape index (κ3) is 3.28. The molecule has 1 amide bonds. The third-order valence-corrected chi connectivity index (χ3v) is 4.55. The van der Waals surface area contributed by atoms with Crippen LogP contribution in [0.2, 0.25) is 0 Å². The zero-order valence-electron chi connectivity index (χ0n) is 13.1. The molecule has 0 bridgehead atoms. The van der Waals surface area contributed by atoms with Crippen molar-refractivity contribution in [1.82, 2.24) is 15.5 Å². The molecule has 3 rings (SSSR count). The number of pyridine rings is 1. The van der Waals surface area contributed by atoms with Gasteiger partial charge >= 0.3 is 5.97 Å². The number of rotatable bonds is 5. The normalized spacial score (nSPS) is 12.1. The van der Waals surface area contributed by atoms with Crippen molar-refractivity contribution in [2.75, 3.05) is 7.11 Å². The van der Waals surface area contributed by atoms with E-state index < -0.39 is 12.0 Å². The molecule has 3 heterocycles. The summed E-state index contributed by atoms with van der Waals surface area (Å²) in [6.07, 6.45) is 1.48. The van der Waals surface area contributed by atoms with Crippen molar-refractivity contribution in [3.05, 3.63) is 45.9 Å². The van der Waals surface area contributed by atoms with Crippen LogP contribution in [-0.4, -0.2) is 29.1 Å². The standard InChI is InChI=1S/C16H15N3O4S/c1-9-11-6-10(8-17-16(11)23-19-9)15(21)18-12(7-14(20)22-2)13-4-3-5-24-13/h3-6,8,12H,7H2,1-2H3,(H,18,21)/t12-/m1/s1. The van der Waals surface area contributed by atoms with Crippen LogP contribution < -0.4 is 5.32 Å². The van der Waals surface area contributed by atoms with Gasteiger partial charge < -0.3 is 14.6 Å². The second-order valence-electron chi connectivity index (χ2n) is 5.17. The maximum atomic E-state index is 12.5. The Kier molecular flexibility index (Phi) is 4.57. The first-order chi connectivity index (χ1) is 11.6. The number of carbonyl (C=O) groups excluding carboxylic acids is 2. The number of aryl methyl sites for hydroxylation is 1. The van der Waals surface area contributed by atoms with Gasteiger partial charge in [-0.3, -0.25) is 9.59 Å². The molecule has 0 radical (unpaired) electrons. The molecule has 0 spiro atoms. The van der Waals surface area contributed by atoms with Crippen molar-refractivity contribution in [2.24, 2.45) is 0 Å². The molecule has 24 heavy (non-hydrogen) atoms. The van der Waals surface area contributed by atoms with E-state index in [2.05, 4.69) is 15.5 Å². The number of carbonyl (C=O) groups is 2. The van der Waals surface area contributed by atoms with Gasteiger partial charge in [0.2, 0.25) is 0 Å². The summed E-state index contributed by atoms with van der Waals surface area (Å²) in [6, 6.07) is 4.95. The molecule has 0 aromatic carbocycles. The number of nitrogens with one attached hydrogen (secondary N) is 1. The zero-order chi connectivity index (χ0) is 17.1. The highest BCUT2D eigenvalue weighted by molar-refractivity contribution is 7.10. The summed E-state index contributed by atoms with van der Waals surface area (Å²) in [4.78, 5) is 29.1. The van der Waals surface area contributed by atoms with Gasteiger partial charge in [-0.15, -0.1) is 11.3 Å². The summed E-state index contributed by atoms with van der Waals surface area (Å²) < 4.78 is 9.75. The lowest BCUT2D eigenvalue weighted by Gasteiger charge is -2.16. The van der Waals surface area contributed by atoms with Crippen molar-refractivity contribution in [3.8, 4) is 0 Å². The van der Waals surface area contributed by atoms with Crippen molar-refractivity contribution in [1.29, 1.82) is 0 Å². The summed E-state index contributed by atoms with van der Waals surface area (Å²) in [5, 5.41) is 9.25. The van der Waals surface area contributed by atoms with Gasteiger partial charge in [0.05, 0.1) is 36.2 Å². The summed E-state index contributed by atoms with van der Waals surface area (Å²) in [5.41, 5.74) is 1.42. The first-order valence-corrected chi connectivity index (χ1v) is 8.09. The lowest BCUT2D eigenvalue weighted by molar-refractivity contribution is -0.141. The van der Waals surface area contributed by atoms with E-state index >= 15 is 0 Å². The Labute approximate surface area is 141 Å². The Hall–Kier alpha value is -2.74. The number of hydrogen-bond donors (Lipinski definition) is 1. The van der Waals surface area contributed by atoms with Crippen molar-refractivity contribution in [3.63, 3.8) is 0 Å². The first kappa shape index (κ1) is 16.1. The highest BCUT2D eigenvalue weighted by atomic mass is 32.1. The molecule has 0 aliphatic heterocycles. The summed E-state index contributed by atoms with van der Waals surface area (Å²) in [5.74, 6) is -0.718.